The molecular formula is C18H20FNO2. The van der Waals surface area contributed by atoms with Crippen LogP contribution in [0.1, 0.15) is 24.8 Å². The summed E-state index contributed by atoms with van der Waals surface area (Å²) in [6, 6.07) is 7.52. The maximum absolute atomic E-state index is 13.0. The van der Waals surface area contributed by atoms with Gasteiger partial charge in [-0.1, -0.05) is 23.8 Å². The maximum Gasteiger partial charge on any atom is 0.310 e. The maximum atomic E-state index is 13.0. The van der Waals surface area contributed by atoms with Gasteiger partial charge in [-0.15, -0.1) is 0 Å². The van der Waals surface area contributed by atoms with Crippen LogP contribution in [0.4, 0.5) is 4.39 Å². The van der Waals surface area contributed by atoms with Crippen LogP contribution in [0.3, 0.4) is 0 Å². The molecule has 4 aliphatic heterocycles. The fourth-order valence-corrected chi connectivity index (χ4v) is 4.65. The lowest BCUT2D eigenvalue weighted by Crippen LogP contribution is -2.58. The van der Waals surface area contributed by atoms with Gasteiger partial charge >= 0.3 is 5.97 Å². The van der Waals surface area contributed by atoms with Gasteiger partial charge in [0.15, 0.2) is 0 Å². The molecule has 0 aliphatic carbocycles. The standard InChI is InChI=1S/C18H20FNO2/c1-22-18(21)17-15-9-14-6-7-16(17)20(14)10-12(15)8-11-2-4-13(19)5-3-11/h2-5,8,14-17H,6-7,9-10H2,1H3/b12-8+. The van der Waals surface area contributed by atoms with E-state index in [1.165, 1.54) is 31.2 Å². The highest BCUT2D eigenvalue weighted by atomic mass is 19.1. The van der Waals surface area contributed by atoms with E-state index in [2.05, 4.69) is 11.0 Å². The third-order valence-electron chi connectivity index (χ3n) is 5.60. The molecule has 0 radical (unpaired) electrons. The highest BCUT2D eigenvalue weighted by Gasteiger charge is 2.55. The number of ether oxygens (including phenoxy) is 1. The van der Waals surface area contributed by atoms with Crippen LogP contribution in [0.2, 0.25) is 0 Å². The third kappa shape index (κ3) is 2.09. The van der Waals surface area contributed by atoms with Gasteiger partial charge in [-0.3, -0.25) is 9.69 Å². The predicted octanol–water partition coefficient (Wildman–Crippen LogP) is 2.86. The van der Waals surface area contributed by atoms with Crippen molar-refractivity contribution < 1.29 is 13.9 Å². The number of nitrogens with zero attached hydrogens (tertiary/aromatic N) is 1. The second-order valence-corrected chi connectivity index (χ2v) is 6.63. The summed E-state index contributed by atoms with van der Waals surface area (Å²) in [6.07, 6.45) is 5.47. The van der Waals surface area contributed by atoms with Gasteiger partial charge < -0.3 is 4.74 Å². The minimum atomic E-state index is -0.221. The summed E-state index contributed by atoms with van der Waals surface area (Å²) in [6.45, 7) is 0.935. The van der Waals surface area contributed by atoms with Gasteiger partial charge in [0, 0.05) is 18.6 Å². The molecule has 4 aliphatic rings. The second-order valence-electron chi connectivity index (χ2n) is 6.63. The molecule has 3 nitrogen and oxygen atoms in total. The first-order valence-corrected chi connectivity index (χ1v) is 7.97. The van der Waals surface area contributed by atoms with Gasteiger partial charge in [0.2, 0.25) is 0 Å². The molecule has 4 bridgehead atoms. The fourth-order valence-electron chi connectivity index (χ4n) is 4.65. The molecule has 4 heteroatoms. The number of fused-ring (bicyclic) bond motifs is 1. The first kappa shape index (κ1) is 13.9. The summed E-state index contributed by atoms with van der Waals surface area (Å²) in [5.41, 5.74) is 2.29. The Kier molecular flexibility index (Phi) is 3.30. The Morgan fingerprint density at radius 2 is 2.09 bits per heavy atom. The molecule has 0 spiro atoms. The number of esters is 1. The Hall–Kier alpha value is -1.68. The van der Waals surface area contributed by atoms with Crippen molar-refractivity contribution in [2.24, 2.45) is 11.8 Å². The van der Waals surface area contributed by atoms with Gasteiger partial charge in [0.05, 0.1) is 13.0 Å². The lowest BCUT2D eigenvalue weighted by atomic mass is 9.71. The van der Waals surface area contributed by atoms with Crippen LogP contribution in [0.5, 0.6) is 0 Å². The van der Waals surface area contributed by atoms with E-state index in [-0.39, 0.29) is 23.6 Å². The van der Waals surface area contributed by atoms with Crippen molar-refractivity contribution in [3.8, 4) is 0 Å². The van der Waals surface area contributed by atoms with Crippen molar-refractivity contribution in [1.29, 1.82) is 0 Å². The zero-order valence-electron chi connectivity index (χ0n) is 12.7. The Morgan fingerprint density at radius 3 is 2.82 bits per heavy atom. The Bertz CT molecular complexity index is 624. The lowest BCUT2D eigenvalue weighted by molar-refractivity contribution is -0.153. The quantitative estimate of drug-likeness (QED) is 0.787. The van der Waals surface area contributed by atoms with Crippen LogP contribution in [-0.4, -0.2) is 36.6 Å². The summed E-state index contributed by atoms with van der Waals surface area (Å²) < 4.78 is 18.1. The number of carbonyl (C=O) groups is 1. The number of piperidine rings is 3. The average Bonchev–Trinajstić information content (AvgIpc) is 2.84. The monoisotopic (exact) mass is 301 g/mol. The molecule has 0 aromatic heterocycles. The average molecular weight is 301 g/mol. The van der Waals surface area contributed by atoms with E-state index >= 15 is 0 Å². The van der Waals surface area contributed by atoms with Gasteiger partial charge in [0.25, 0.3) is 0 Å². The molecular weight excluding hydrogens is 281 g/mol. The molecule has 1 aromatic carbocycles. The first-order valence-electron chi connectivity index (χ1n) is 7.97. The van der Waals surface area contributed by atoms with Gasteiger partial charge in [-0.05, 0) is 42.9 Å². The smallest absolute Gasteiger partial charge is 0.310 e. The molecule has 5 atom stereocenters. The Balaban J connectivity index is 1.68. The number of halogens is 1. The predicted molar refractivity (Wildman–Crippen MR) is 81.5 cm³/mol. The minimum Gasteiger partial charge on any atom is -0.469 e. The van der Waals surface area contributed by atoms with Crippen molar-refractivity contribution in [3.63, 3.8) is 0 Å². The molecule has 0 amide bonds. The zero-order valence-corrected chi connectivity index (χ0v) is 12.7. The largest absolute Gasteiger partial charge is 0.469 e. The Labute approximate surface area is 129 Å². The number of methoxy groups -OCH3 is 1. The van der Waals surface area contributed by atoms with Crippen molar-refractivity contribution in [2.45, 2.75) is 31.3 Å². The van der Waals surface area contributed by atoms with Crippen molar-refractivity contribution >= 4 is 12.0 Å². The molecule has 5 unspecified atom stereocenters. The summed E-state index contributed by atoms with van der Waals surface area (Å²) >= 11 is 0. The molecule has 4 fully saturated rings. The van der Waals surface area contributed by atoms with Crippen molar-refractivity contribution in [1.82, 2.24) is 4.90 Å². The van der Waals surface area contributed by atoms with E-state index < -0.39 is 0 Å². The topological polar surface area (TPSA) is 29.5 Å². The van der Waals surface area contributed by atoms with Crippen LogP contribution in [0, 0.1) is 17.7 Å². The molecule has 4 saturated heterocycles. The third-order valence-corrected chi connectivity index (χ3v) is 5.60. The van der Waals surface area contributed by atoms with E-state index in [4.69, 9.17) is 4.74 Å². The van der Waals surface area contributed by atoms with Crippen LogP contribution < -0.4 is 0 Å². The second kappa shape index (κ2) is 5.20. The van der Waals surface area contributed by atoms with E-state index in [1.807, 2.05) is 0 Å². The Morgan fingerprint density at radius 1 is 1.32 bits per heavy atom. The van der Waals surface area contributed by atoms with Crippen LogP contribution in [0.25, 0.3) is 6.08 Å². The molecule has 4 heterocycles. The number of rotatable bonds is 2. The van der Waals surface area contributed by atoms with Crippen molar-refractivity contribution in [3.05, 3.63) is 41.2 Å². The summed E-state index contributed by atoms with van der Waals surface area (Å²) in [5, 5.41) is 0. The highest BCUT2D eigenvalue weighted by molar-refractivity contribution is 5.75. The van der Waals surface area contributed by atoms with E-state index in [1.54, 1.807) is 12.1 Å². The van der Waals surface area contributed by atoms with Crippen LogP contribution in [-0.2, 0) is 9.53 Å². The fraction of sp³-hybridized carbons (Fsp3) is 0.500. The van der Waals surface area contributed by atoms with Crippen LogP contribution in [0.15, 0.2) is 29.8 Å². The highest BCUT2D eigenvalue weighted by Crippen LogP contribution is 2.50. The molecule has 116 valence electrons. The number of hydrogen-bond acceptors (Lipinski definition) is 3. The van der Waals surface area contributed by atoms with Crippen LogP contribution >= 0.6 is 0 Å². The molecule has 0 saturated carbocycles. The minimum absolute atomic E-state index is 0.0378. The SMILES string of the molecule is COC(=O)C1C2CC3CCC1N3C/C2=C\c1ccc(F)cc1. The van der Waals surface area contributed by atoms with Crippen molar-refractivity contribution in [2.75, 3.05) is 13.7 Å². The number of hydrogen-bond donors (Lipinski definition) is 0. The summed E-state index contributed by atoms with van der Waals surface area (Å²) in [7, 11) is 1.48. The number of carbonyl (C=O) groups excluding carboxylic acids is 1. The first-order chi connectivity index (χ1) is 10.7. The van der Waals surface area contributed by atoms with E-state index in [0.29, 0.717) is 12.1 Å². The van der Waals surface area contributed by atoms with Gasteiger partial charge in [0.1, 0.15) is 5.82 Å². The van der Waals surface area contributed by atoms with E-state index in [9.17, 15) is 9.18 Å². The van der Waals surface area contributed by atoms with Gasteiger partial charge in [-0.25, -0.2) is 4.39 Å². The molecule has 1 aromatic rings. The molecule has 5 rings (SSSR count). The summed E-state index contributed by atoms with van der Waals surface area (Å²) in [4.78, 5) is 14.7. The van der Waals surface area contributed by atoms with E-state index in [0.717, 1.165) is 24.9 Å². The zero-order chi connectivity index (χ0) is 15.3. The van der Waals surface area contributed by atoms with Gasteiger partial charge in [-0.2, -0.15) is 0 Å². The normalized spacial score (nSPS) is 37.5. The lowest BCUT2D eigenvalue weighted by Gasteiger charge is -2.50. The number of benzene rings is 1. The molecule has 22 heavy (non-hydrogen) atoms. The molecule has 0 N–H and O–H groups in total. The summed E-state index contributed by atoms with van der Waals surface area (Å²) in [5.74, 6) is -0.0594.